The van der Waals surface area contributed by atoms with Gasteiger partial charge in [-0.3, -0.25) is 14.4 Å². The lowest BCUT2D eigenvalue weighted by Gasteiger charge is -2.61. The molecule has 4 aliphatic rings. The molecule has 0 aliphatic heterocycles. The molecule has 4 fully saturated rings. The maximum atomic E-state index is 12.4. The number of hydrogen-bond acceptors (Lipinski definition) is 4. The predicted molar refractivity (Wildman–Crippen MR) is 102 cm³/mol. The quantitative estimate of drug-likeness (QED) is 0.675. The molecule has 4 nitrogen and oxygen atoms in total. The molecule has 0 heterocycles. The topological polar surface area (TPSA) is 60.4 Å². The van der Waals surface area contributed by atoms with E-state index in [4.69, 9.17) is 4.74 Å². The number of ether oxygens (including phenoxy) is 1. The van der Waals surface area contributed by atoms with Gasteiger partial charge in [-0.25, -0.2) is 0 Å². The SMILES string of the molecule is CC(=O)O[C@@H]1C[C@@H]2[C@H](CC[C@H]3CC(=O)CC[C@@]32C)[C@H]2CC[C@@H](C(C)=O)[C@]21C. The third-order valence-corrected chi connectivity index (χ3v) is 9.36. The molecule has 4 aliphatic carbocycles. The first-order chi connectivity index (χ1) is 12.7. The third kappa shape index (κ3) is 2.73. The summed E-state index contributed by atoms with van der Waals surface area (Å²) in [6.45, 7) is 7.82. The Hall–Kier alpha value is -1.19. The Balaban J connectivity index is 1.72. The molecule has 4 saturated carbocycles. The van der Waals surface area contributed by atoms with Gasteiger partial charge in [0.25, 0.3) is 0 Å². The van der Waals surface area contributed by atoms with Gasteiger partial charge in [0.05, 0.1) is 0 Å². The van der Waals surface area contributed by atoms with Gasteiger partial charge < -0.3 is 4.74 Å². The smallest absolute Gasteiger partial charge is 0.302 e. The van der Waals surface area contributed by atoms with Gasteiger partial charge in [0.2, 0.25) is 0 Å². The van der Waals surface area contributed by atoms with Crippen LogP contribution in [0.3, 0.4) is 0 Å². The number of carbonyl (C=O) groups is 3. The van der Waals surface area contributed by atoms with Gasteiger partial charge in [0, 0.05) is 31.1 Å². The highest BCUT2D eigenvalue weighted by atomic mass is 16.5. The molecule has 0 N–H and O–H groups in total. The summed E-state index contributed by atoms with van der Waals surface area (Å²) in [4.78, 5) is 36.5. The maximum absolute atomic E-state index is 12.4. The Morgan fingerprint density at radius 1 is 1.04 bits per heavy atom. The van der Waals surface area contributed by atoms with Crippen molar-refractivity contribution < 1.29 is 19.1 Å². The van der Waals surface area contributed by atoms with Crippen LogP contribution in [0.5, 0.6) is 0 Å². The highest BCUT2D eigenvalue weighted by Gasteiger charge is 2.65. The molecule has 0 aromatic heterocycles. The molecule has 27 heavy (non-hydrogen) atoms. The Labute approximate surface area is 162 Å². The predicted octanol–water partition coefficient (Wildman–Crippen LogP) is 4.35. The minimum absolute atomic E-state index is 0.00580. The minimum Gasteiger partial charge on any atom is -0.462 e. The molecule has 4 rings (SSSR count). The van der Waals surface area contributed by atoms with Gasteiger partial charge in [-0.1, -0.05) is 13.8 Å². The highest BCUT2D eigenvalue weighted by molar-refractivity contribution is 5.80. The van der Waals surface area contributed by atoms with Crippen molar-refractivity contribution >= 4 is 17.5 Å². The summed E-state index contributed by atoms with van der Waals surface area (Å²) < 4.78 is 5.93. The lowest BCUT2D eigenvalue weighted by molar-refractivity contribution is -0.191. The summed E-state index contributed by atoms with van der Waals surface area (Å²) in [5.41, 5.74) is -0.0583. The zero-order valence-corrected chi connectivity index (χ0v) is 17.3. The van der Waals surface area contributed by atoms with Crippen molar-refractivity contribution in [2.24, 2.45) is 40.4 Å². The van der Waals surface area contributed by atoms with Crippen molar-refractivity contribution in [3.05, 3.63) is 0 Å². The number of rotatable bonds is 2. The zero-order valence-electron chi connectivity index (χ0n) is 17.3. The van der Waals surface area contributed by atoms with Gasteiger partial charge >= 0.3 is 5.97 Å². The van der Waals surface area contributed by atoms with Crippen LogP contribution >= 0.6 is 0 Å². The summed E-state index contributed by atoms with van der Waals surface area (Å²) in [6.07, 6.45) is 7.39. The highest BCUT2D eigenvalue weighted by Crippen LogP contribution is 2.67. The standard InChI is InChI=1S/C23H34O4/c1-13(24)18-7-8-19-17-6-5-15-11-16(26)9-10-22(15,3)20(17)12-21(23(18,19)4)27-14(2)25/h15,17-21H,5-12H2,1-4H3/t15-,17+,18-,19+,20+,21+,22-,23+/m0/s1. The second kappa shape index (κ2) is 6.42. The molecule has 8 atom stereocenters. The van der Waals surface area contributed by atoms with Gasteiger partial charge in [-0.2, -0.15) is 0 Å². The van der Waals surface area contributed by atoms with Crippen LogP contribution in [-0.2, 0) is 19.1 Å². The van der Waals surface area contributed by atoms with Crippen LogP contribution in [0.2, 0.25) is 0 Å². The molecule has 0 amide bonds. The molecule has 150 valence electrons. The molecule has 0 aromatic carbocycles. The monoisotopic (exact) mass is 374 g/mol. The zero-order chi connectivity index (χ0) is 19.6. The van der Waals surface area contributed by atoms with E-state index < -0.39 is 0 Å². The van der Waals surface area contributed by atoms with Crippen molar-refractivity contribution in [1.29, 1.82) is 0 Å². The van der Waals surface area contributed by atoms with Crippen LogP contribution < -0.4 is 0 Å². The fraction of sp³-hybridized carbons (Fsp3) is 0.870. The summed E-state index contributed by atoms with van der Waals surface area (Å²) in [5, 5.41) is 0. The fourth-order valence-electron chi connectivity index (χ4n) is 8.02. The number of fused-ring (bicyclic) bond motifs is 5. The Morgan fingerprint density at radius 2 is 1.78 bits per heavy atom. The molecule has 4 heteroatoms. The molecule has 0 saturated heterocycles. The second-order valence-electron chi connectivity index (χ2n) is 10.3. The number of Topliss-reactive ketones (excluding diaryl/α,β-unsaturated/α-hetero) is 2. The molecule has 0 spiro atoms. The van der Waals surface area contributed by atoms with E-state index in [0.29, 0.717) is 35.9 Å². The van der Waals surface area contributed by atoms with E-state index in [0.717, 1.165) is 44.9 Å². The van der Waals surface area contributed by atoms with Gasteiger partial charge in [0.1, 0.15) is 17.7 Å². The normalized spacial score (nSPS) is 49.0. The van der Waals surface area contributed by atoms with Crippen LogP contribution in [-0.4, -0.2) is 23.6 Å². The van der Waals surface area contributed by atoms with Crippen LogP contribution in [0.15, 0.2) is 0 Å². The summed E-state index contributed by atoms with van der Waals surface area (Å²) in [6, 6.07) is 0. The average Bonchev–Trinajstić information content (AvgIpc) is 2.95. The van der Waals surface area contributed by atoms with E-state index in [9.17, 15) is 14.4 Å². The van der Waals surface area contributed by atoms with E-state index in [1.54, 1.807) is 6.92 Å². The molecular formula is C23H34O4. The van der Waals surface area contributed by atoms with Crippen LogP contribution in [0.1, 0.15) is 79.1 Å². The molecule has 0 radical (unpaired) electrons. The first kappa shape index (κ1) is 19.1. The second-order valence-corrected chi connectivity index (χ2v) is 10.3. The van der Waals surface area contributed by atoms with Gasteiger partial charge in [-0.05, 0) is 74.5 Å². The Kier molecular flexibility index (Phi) is 4.55. The third-order valence-electron chi connectivity index (χ3n) is 9.36. The summed E-state index contributed by atoms with van der Waals surface area (Å²) in [7, 11) is 0. The minimum atomic E-state index is -0.232. The fourth-order valence-corrected chi connectivity index (χ4v) is 8.02. The largest absolute Gasteiger partial charge is 0.462 e. The van der Waals surface area contributed by atoms with Crippen molar-refractivity contribution in [3.63, 3.8) is 0 Å². The van der Waals surface area contributed by atoms with Crippen molar-refractivity contribution in [1.82, 2.24) is 0 Å². The first-order valence-corrected chi connectivity index (χ1v) is 10.9. The van der Waals surface area contributed by atoms with Gasteiger partial charge in [-0.15, -0.1) is 0 Å². The number of carbonyl (C=O) groups excluding carboxylic acids is 3. The van der Waals surface area contributed by atoms with Gasteiger partial charge in [0.15, 0.2) is 0 Å². The average molecular weight is 375 g/mol. The molecule has 0 aromatic rings. The molecular weight excluding hydrogens is 340 g/mol. The first-order valence-electron chi connectivity index (χ1n) is 10.9. The van der Waals surface area contributed by atoms with E-state index >= 15 is 0 Å². The Bertz CT molecular complexity index is 669. The van der Waals surface area contributed by atoms with E-state index in [1.165, 1.54) is 6.92 Å². The van der Waals surface area contributed by atoms with E-state index in [1.807, 2.05) is 0 Å². The maximum Gasteiger partial charge on any atom is 0.302 e. The Morgan fingerprint density at radius 3 is 2.44 bits per heavy atom. The van der Waals surface area contributed by atoms with E-state index in [-0.39, 0.29) is 34.6 Å². The lowest BCUT2D eigenvalue weighted by atomic mass is 9.44. The van der Waals surface area contributed by atoms with Crippen LogP contribution in [0, 0.1) is 40.4 Å². The molecule has 0 unspecified atom stereocenters. The van der Waals surface area contributed by atoms with E-state index in [2.05, 4.69) is 13.8 Å². The number of ketones is 2. The number of esters is 1. The van der Waals surface area contributed by atoms with Crippen LogP contribution in [0.25, 0.3) is 0 Å². The summed E-state index contributed by atoms with van der Waals surface area (Å²) >= 11 is 0. The van der Waals surface area contributed by atoms with Crippen molar-refractivity contribution in [3.8, 4) is 0 Å². The lowest BCUT2D eigenvalue weighted by Crippen LogP contribution is -2.59. The number of hydrogen-bond donors (Lipinski definition) is 0. The summed E-state index contributed by atoms with van der Waals surface area (Å²) in [5.74, 6) is 2.47. The molecule has 0 bridgehead atoms. The van der Waals surface area contributed by atoms with Crippen molar-refractivity contribution in [2.75, 3.05) is 0 Å². The van der Waals surface area contributed by atoms with Crippen LogP contribution in [0.4, 0.5) is 0 Å². The van der Waals surface area contributed by atoms with Crippen molar-refractivity contribution in [2.45, 2.75) is 85.2 Å².